The van der Waals surface area contributed by atoms with Gasteiger partial charge in [0.05, 0.1) is 12.0 Å². The van der Waals surface area contributed by atoms with Gasteiger partial charge in [-0.25, -0.2) is 13.8 Å². The molecule has 1 heterocycles. The molecular weight excluding hydrogens is 352 g/mol. The first-order chi connectivity index (χ1) is 12.9. The molecule has 0 fully saturated rings. The van der Waals surface area contributed by atoms with Gasteiger partial charge < -0.3 is 5.32 Å². The molecule has 27 heavy (non-hydrogen) atoms. The molecule has 0 unspecified atom stereocenters. The number of carbonyl (C=O) groups is 1. The zero-order valence-electron chi connectivity index (χ0n) is 14.6. The Morgan fingerprint density at radius 1 is 1.11 bits per heavy atom. The van der Waals surface area contributed by atoms with E-state index in [1.165, 1.54) is 18.5 Å². The van der Waals surface area contributed by atoms with E-state index in [1.807, 2.05) is 31.2 Å². The maximum atomic E-state index is 13.6. The van der Waals surface area contributed by atoms with Crippen LogP contribution in [-0.4, -0.2) is 15.5 Å². The largest absolute Gasteiger partial charge is 0.350 e. The van der Waals surface area contributed by atoms with Gasteiger partial charge in [-0.1, -0.05) is 35.9 Å². The van der Waals surface area contributed by atoms with Crippen molar-refractivity contribution in [2.24, 2.45) is 0 Å². The van der Waals surface area contributed by atoms with Crippen LogP contribution in [0.1, 0.15) is 11.1 Å². The summed E-state index contributed by atoms with van der Waals surface area (Å²) in [4.78, 5) is 28.4. The van der Waals surface area contributed by atoms with Crippen molar-refractivity contribution in [2.45, 2.75) is 20.0 Å². The third-order valence-corrected chi connectivity index (χ3v) is 4.06. The second kappa shape index (κ2) is 7.90. The van der Waals surface area contributed by atoms with Crippen molar-refractivity contribution in [1.82, 2.24) is 14.9 Å². The Balaban J connectivity index is 1.67. The molecule has 0 saturated heterocycles. The number of hydrogen-bond acceptors (Lipinski definition) is 3. The second-order valence-electron chi connectivity index (χ2n) is 6.08. The van der Waals surface area contributed by atoms with Crippen LogP contribution < -0.4 is 10.9 Å². The summed E-state index contributed by atoms with van der Waals surface area (Å²) in [5.41, 5.74) is 1.77. The molecule has 0 atom stereocenters. The summed E-state index contributed by atoms with van der Waals surface area (Å²) in [6.45, 7) is 1.36. The summed E-state index contributed by atoms with van der Waals surface area (Å²) in [7, 11) is 0. The summed E-state index contributed by atoms with van der Waals surface area (Å²) in [6, 6.07) is 12.4. The molecule has 0 aliphatic rings. The van der Waals surface area contributed by atoms with E-state index in [2.05, 4.69) is 10.3 Å². The monoisotopic (exact) mass is 369 g/mol. The number of amides is 1. The molecule has 0 aliphatic heterocycles. The standard InChI is InChI=1S/C20H17F2N3O2/c1-13-5-7-14(8-6-13)18-9-20(27)25(12-24-18)11-19(26)23-10-15-16(21)3-2-4-17(15)22/h2-9,12H,10-11H2,1H3,(H,23,26). The molecule has 1 amide bonds. The van der Waals surface area contributed by atoms with Crippen molar-refractivity contribution in [3.63, 3.8) is 0 Å². The number of benzene rings is 2. The highest BCUT2D eigenvalue weighted by Crippen LogP contribution is 2.15. The Labute approximate surface area is 154 Å². The third-order valence-electron chi connectivity index (χ3n) is 4.06. The van der Waals surface area contributed by atoms with Gasteiger partial charge in [0.2, 0.25) is 5.91 Å². The number of nitrogens with one attached hydrogen (secondary N) is 1. The van der Waals surface area contributed by atoms with Gasteiger partial charge in [0.15, 0.2) is 0 Å². The smallest absolute Gasteiger partial charge is 0.254 e. The highest BCUT2D eigenvalue weighted by Gasteiger charge is 2.11. The fourth-order valence-electron chi connectivity index (χ4n) is 2.53. The summed E-state index contributed by atoms with van der Waals surface area (Å²) in [5, 5.41) is 2.40. The molecule has 0 bridgehead atoms. The van der Waals surface area contributed by atoms with Crippen LogP contribution in [0.5, 0.6) is 0 Å². The topological polar surface area (TPSA) is 64.0 Å². The number of aryl methyl sites for hydroxylation is 1. The van der Waals surface area contributed by atoms with E-state index in [0.29, 0.717) is 5.69 Å². The van der Waals surface area contributed by atoms with Gasteiger partial charge in [-0.15, -0.1) is 0 Å². The maximum absolute atomic E-state index is 13.6. The Morgan fingerprint density at radius 3 is 2.41 bits per heavy atom. The van der Waals surface area contributed by atoms with Gasteiger partial charge in [0.25, 0.3) is 5.56 Å². The first-order valence-electron chi connectivity index (χ1n) is 8.27. The zero-order chi connectivity index (χ0) is 19.4. The molecule has 1 aromatic heterocycles. The van der Waals surface area contributed by atoms with Crippen LogP contribution in [0.25, 0.3) is 11.3 Å². The second-order valence-corrected chi connectivity index (χ2v) is 6.08. The lowest BCUT2D eigenvalue weighted by Crippen LogP contribution is -2.32. The van der Waals surface area contributed by atoms with Gasteiger partial charge in [0, 0.05) is 23.7 Å². The van der Waals surface area contributed by atoms with E-state index in [-0.39, 0.29) is 18.7 Å². The molecule has 0 saturated carbocycles. The van der Waals surface area contributed by atoms with Gasteiger partial charge in [-0.3, -0.25) is 14.2 Å². The van der Waals surface area contributed by atoms with Crippen molar-refractivity contribution < 1.29 is 13.6 Å². The van der Waals surface area contributed by atoms with E-state index >= 15 is 0 Å². The van der Waals surface area contributed by atoms with E-state index in [4.69, 9.17) is 0 Å². The Morgan fingerprint density at radius 2 is 1.78 bits per heavy atom. The van der Waals surface area contributed by atoms with E-state index in [0.717, 1.165) is 27.8 Å². The Bertz CT molecular complexity index is 1010. The molecule has 3 aromatic rings. The molecule has 0 radical (unpaired) electrons. The minimum atomic E-state index is -0.739. The molecule has 1 N–H and O–H groups in total. The lowest BCUT2D eigenvalue weighted by Gasteiger charge is -2.09. The van der Waals surface area contributed by atoms with Crippen LogP contribution >= 0.6 is 0 Å². The Hall–Kier alpha value is -3.35. The van der Waals surface area contributed by atoms with Crippen LogP contribution in [0, 0.1) is 18.6 Å². The van der Waals surface area contributed by atoms with Gasteiger partial charge in [-0.05, 0) is 19.1 Å². The van der Waals surface area contributed by atoms with Crippen molar-refractivity contribution in [3.8, 4) is 11.3 Å². The van der Waals surface area contributed by atoms with Gasteiger partial charge in [0.1, 0.15) is 18.2 Å². The highest BCUT2D eigenvalue weighted by molar-refractivity contribution is 5.75. The van der Waals surface area contributed by atoms with Crippen molar-refractivity contribution in [2.75, 3.05) is 0 Å². The first kappa shape index (κ1) is 18.4. The van der Waals surface area contributed by atoms with Crippen LogP contribution in [0.4, 0.5) is 8.78 Å². The van der Waals surface area contributed by atoms with Crippen molar-refractivity contribution in [3.05, 3.63) is 88.0 Å². The average Bonchev–Trinajstić information content (AvgIpc) is 2.63. The number of aromatic nitrogens is 2. The minimum Gasteiger partial charge on any atom is -0.350 e. The van der Waals surface area contributed by atoms with Crippen molar-refractivity contribution >= 4 is 5.91 Å². The summed E-state index contributed by atoms with van der Waals surface area (Å²) >= 11 is 0. The lowest BCUT2D eigenvalue weighted by atomic mass is 10.1. The molecule has 3 rings (SSSR count). The fourth-order valence-corrected chi connectivity index (χ4v) is 2.53. The lowest BCUT2D eigenvalue weighted by molar-refractivity contribution is -0.121. The quantitative estimate of drug-likeness (QED) is 0.752. The predicted octanol–water partition coefficient (Wildman–Crippen LogP) is 2.81. The molecule has 0 spiro atoms. The summed E-state index contributed by atoms with van der Waals surface area (Å²) in [6.07, 6.45) is 1.28. The van der Waals surface area contributed by atoms with E-state index in [9.17, 15) is 18.4 Å². The van der Waals surface area contributed by atoms with E-state index < -0.39 is 23.1 Å². The summed E-state index contributed by atoms with van der Waals surface area (Å²) in [5.74, 6) is -2.03. The Kier molecular flexibility index (Phi) is 5.40. The average molecular weight is 369 g/mol. The predicted molar refractivity (Wildman–Crippen MR) is 96.9 cm³/mol. The first-order valence-corrected chi connectivity index (χ1v) is 8.27. The van der Waals surface area contributed by atoms with Crippen molar-refractivity contribution in [1.29, 1.82) is 0 Å². The molecule has 2 aromatic carbocycles. The summed E-state index contributed by atoms with van der Waals surface area (Å²) < 4.78 is 28.3. The minimum absolute atomic E-state index is 0.231. The van der Waals surface area contributed by atoms with Crippen LogP contribution in [-0.2, 0) is 17.9 Å². The molecule has 138 valence electrons. The number of halogens is 2. The van der Waals surface area contributed by atoms with Crippen LogP contribution in [0.3, 0.4) is 0 Å². The normalized spacial score (nSPS) is 10.6. The molecule has 7 heteroatoms. The van der Waals surface area contributed by atoms with Crippen LogP contribution in [0.15, 0.2) is 59.7 Å². The SMILES string of the molecule is Cc1ccc(-c2cc(=O)n(CC(=O)NCc3c(F)cccc3F)cn2)cc1. The van der Waals surface area contributed by atoms with Crippen LogP contribution in [0.2, 0.25) is 0 Å². The molecular formula is C20H17F2N3O2. The third kappa shape index (κ3) is 4.44. The van der Waals surface area contributed by atoms with E-state index in [1.54, 1.807) is 0 Å². The van der Waals surface area contributed by atoms with Gasteiger partial charge >= 0.3 is 0 Å². The number of rotatable bonds is 5. The maximum Gasteiger partial charge on any atom is 0.254 e. The number of nitrogens with zero attached hydrogens (tertiary/aromatic N) is 2. The number of hydrogen-bond donors (Lipinski definition) is 1. The molecule has 5 nitrogen and oxygen atoms in total. The molecule has 0 aliphatic carbocycles. The zero-order valence-corrected chi connectivity index (χ0v) is 14.6. The fraction of sp³-hybridized carbons (Fsp3) is 0.150. The highest BCUT2D eigenvalue weighted by atomic mass is 19.1. The number of carbonyl (C=O) groups excluding carboxylic acids is 1. The van der Waals surface area contributed by atoms with Gasteiger partial charge in [-0.2, -0.15) is 0 Å².